The molecule has 2 atom stereocenters. The van der Waals surface area contributed by atoms with Crippen LogP contribution in [0.1, 0.15) is 107 Å². The Morgan fingerprint density at radius 1 is 0.941 bits per heavy atom. The lowest BCUT2D eigenvalue weighted by atomic mass is 9.93. The fourth-order valence-electron chi connectivity index (χ4n) is 3.50. The van der Waals surface area contributed by atoms with Crippen LogP contribution in [0.4, 0.5) is 8.78 Å². The molecule has 0 aromatic carbocycles. The van der Waals surface area contributed by atoms with Crippen LogP contribution >= 0.6 is 0 Å². The zero-order chi connectivity index (χ0) is 26.5. The quantitative estimate of drug-likeness (QED) is 0.156. The van der Waals surface area contributed by atoms with Gasteiger partial charge in [-0.05, 0) is 69.6 Å². The summed E-state index contributed by atoms with van der Waals surface area (Å²) in [6.45, 7) is 18.4. The molecule has 1 aliphatic heterocycles. The molecule has 200 valence electrons. The van der Waals surface area contributed by atoms with E-state index >= 15 is 0 Å². The Morgan fingerprint density at radius 3 is 2.09 bits per heavy atom. The summed E-state index contributed by atoms with van der Waals surface area (Å²) in [5.41, 5.74) is 0.971. The summed E-state index contributed by atoms with van der Waals surface area (Å²) in [4.78, 5) is 0. The van der Waals surface area contributed by atoms with E-state index in [4.69, 9.17) is 14.2 Å². The van der Waals surface area contributed by atoms with Crippen molar-refractivity contribution in [2.45, 2.75) is 113 Å². The number of unbranched alkanes of at least 4 members (excludes halogenated alkanes) is 2. The molecule has 1 heterocycles. The molecular weight excluding hydrogens is 434 g/mol. The van der Waals surface area contributed by atoms with Crippen LogP contribution in [-0.2, 0) is 14.2 Å². The Hall–Kier alpha value is -1.62. The third-order valence-corrected chi connectivity index (χ3v) is 5.65. The molecule has 1 aliphatic rings. The molecular formula is C29H52F2O3. The highest BCUT2D eigenvalue weighted by Crippen LogP contribution is 2.28. The lowest BCUT2D eigenvalue weighted by molar-refractivity contribution is -0.0507. The van der Waals surface area contributed by atoms with Gasteiger partial charge >= 0.3 is 0 Å². The predicted molar refractivity (Wildman–Crippen MR) is 142 cm³/mol. The van der Waals surface area contributed by atoms with Gasteiger partial charge in [-0.1, -0.05) is 66.9 Å². The number of allylic oxidation sites excluding steroid dienone is 8. The topological polar surface area (TPSA) is 27.7 Å². The van der Waals surface area contributed by atoms with E-state index in [0.29, 0.717) is 30.1 Å². The van der Waals surface area contributed by atoms with Crippen LogP contribution in [0, 0.1) is 5.92 Å². The van der Waals surface area contributed by atoms with Crippen molar-refractivity contribution in [3.63, 3.8) is 0 Å². The van der Waals surface area contributed by atoms with Crippen molar-refractivity contribution in [1.29, 1.82) is 0 Å². The fraction of sp³-hybridized carbons (Fsp3) is 0.724. The van der Waals surface area contributed by atoms with E-state index < -0.39 is 11.7 Å². The van der Waals surface area contributed by atoms with Crippen molar-refractivity contribution in [1.82, 2.24) is 0 Å². The molecule has 0 bridgehead atoms. The van der Waals surface area contributed by atoms with E-state index in [9.17, 15) is 8.78 Å². The summed E-state index contributed by atoms with van der Waals surface area (Å²) in [6.07, 6.45) is 11.4. The van der Waals surface area contributed by atoms with Crippen LogP contribution in [-0.4, -0.2) is 26.4 Å². The zero-order valence-electron chi connectivity index (χ0n) is 23.7. The molecule has 0 saturated carbocycles. The Morgan fingerprint density at radius 2 is 1.59 bits per heavy atom. The third kappa shape index (κ3) is 13.9. The summed E-state index contributed by atoms with van der Waals surface area (Å²) in [6, 6.07) is 0. The van der Waals surface area contributed by atoms with E-state index in [1.54, 1.807) is 26.0 Å². The van der Waals surface area contributed by atoms with Crippen molar-refractivity contribution >= 4 is 0 Å². The van der Waals surface area contributed by atoms with Gasteiger partial charge in [-0.25, -0.2) is 8.78 Å². The minimum Gasteiger partial charge on any atom is -0.498 e. The van der Waals surface area contributed by atoms with Gasteiger partial charge in [0, 0.05) is 6.61 Å². The van der Waals surface area contributed by atoms with Gasteiger partial charge in [0.25, 0.3) is 0 Å². The number of hydrogen-bond donors (Lipinski definition) is 0. The summed E-state index contributed by atoms with van der Waals surface area (Å²) in [5.74, 6) is -0.493. The minimum absolute atomic E-state index is 0.0682. The third-order valence-electron chi connectivity index (χ3n) is 5.65. The Kier molecular flexibility index (Phi) is 22.2. The van der Waals surface area contributed by atoms with E-state index in [1.165, 1.54) is 46.1 Å². The van der Waals surface area contributed by atoms with E-state index in [1.807, 2.05) is 34.6 Å². The maximum atomic E-state index is 14.5. The molecule has 0 aromatic rings. The summed E-state index contributed by atoms with van der Waals surface area (Å²) < 4.78 is 45.1. The fourth-order valence-corrected chi connectivity index (χ4v) is 3.50. The highest BCUT2D eigenvalue weighted by molar-refractivity contribution is 5.40. The number of methoxy groups -OCH3 is 1. The predicted octanol–water partition coefficient (Wildman–Crippen LogP) is 9.76. The minimum atomic E-state index is -0.957. The van der Waals surface area contributed by atoms with Gasteiger partial charge in [0.05, 0.1) is 19.0 Å². The van der Waals surface area contributed by atoms with Crippen LogP contribution in [0.3, 0.4) is 0 Å². The molecule has 5 heteroatoms. The highest BCUT2D eigenvalue weighted by Gasteiger charge is 2.21. The molecule has 0 radical (unpaired) electrons. The number of hydrogen-bond acceptors (Lipinski definition) is 3. The van der Waals surface area contributed by atoms with Crippen molar-refractivity contribution in [2.24, 2.45) is 5.92 Å². The maximum absolute atomic E-state index is 14.5. The second kappa shape index (κ2) is 21.9. The van der Waals surface area contributed by atoms with Crippen LogP contribution < -0.4 is 0 Å². The van der Waals surface area contributed by atoms with Crippen molar-refractivity contribution < 1.29 is 23.0 Å². The summed E-state index contributed by atoms with van der Waals surface area (Å²) in [7, 11) is 1.32. The molecule has 1 saturated heterocycles. The van der Waals surface area contributed by atoms with Gasteiger partial charge in [0.1, 0.15) is 12.4 Å². The van der Waals surface area contributed by atoms with Gasteiger partial charge in [0.15, 0.2) is 11.7 Å². The van der Waals surface area contributed by atoms with Crippen molar-refractivity contribution in [3.8, 4) is 0 Å². The number of ether oxygens (including phenoxy) is 3. The SMILES string of the molecule is CC.CC.CCCCCC1CCC(CO/C(C)=C/C=C(C)/C(CC)=C(F)/C(F)=C(\C)OC)OC1. The first-order valence-corrected chi connectivity index (χ1v) is 13.2. The molecule has 0 N–H and O–H groups in total. The van der Waals surface area contributed by atoms with Gasteiger partial charge in [-0.2, -0.15) is 0 Å². The van der Waals surface area contributed by atoms with Crippen LogP contribution in [0.2, 0.25) is 0 Å². The maximum Gasteiger partial charge on any atom is 0.196 e. The van der Waals surface area contributed by atoms with Gasteiger partial charge in [0.2, 0.25) is 0 Å². The van der Waals surface area contributed by atoms with Crippen LogP contribution in [0.15, 0.2) is 46.5 Å². The van der Waals surface area contributed by atoms with Crippen molar-refractivity contribution in [3.05, 3.63) is 46.5 Å². The number of halogens is 2. The first-order chi connectivity index (χ1) is 16.3. The first kappa shape index (κ1) is 34.5. The molecule has 3 nitrogen and oxygen atoms in total. The zero-order valence-corrected chi connectivity index (χ0v) is 23.7. The molecule has 1 fully saturated rings. The standard InChI is InChI=1S/C25H40F2O3.2C2H6/c1-7-9-10-11-21-14-15-22(30-16-21)17-29-19(4)13-12-18(3)23(8-2)25(27)24(26)20(5)28-6;2*1-2/h12-13,21-22H,7-11,14-17H2,1-6H3;2*1-2H3/b18-12+,19-13+,24-20-,25-23-;;. The normalized spacial score (nSPS) is 20.1. The first-order valence-electron chi connectivity index (χ1n) is 13.2. The second-order valence-corrected chi connectivity index (χ2v) is 8.05. The van der Waals surface area contributed by atoms with E-state index in [2.05, 4.69) is 6.92 Å². The monoisotopic (exact) mass is 486 g/mol. The lowest BCUT2D eigenvalue weighted by Gasteiger charge is -2.29. The Labute approximate surface area is 209 Å². The van der Waals surface area contributed by atoms with E-state index in [0.717, 1.165) is 18.8 Å². The molecule has 34 heavy (non-hydrogen) atoms. The largest absolute Gasteiger partial charge is 0.498 e. The van der Waals surface area contributed by atoms with Crippen molar-refractivity contribution in [2.75, 3.05) is 20.3 Å². The Balaban J connectivity index is 0. The summed E-state index contributed by atoms with van der Waals surface area (Å²) >= 11 is 0. The molecule has 0 spiro atoms. The molecule has 0 amide bonds. The molecule has 1 rings (SSSR count). The van der Waals surface area contributed by atoms with Crippen LogP contribution in [0.5, 0.6) is 0 Å². The average molecular weight is 487 g/mol. The number of rotatable bonds is 12. The summed E-state index contributed by atoms with van der Waals surface area (Å²) in [5, 5.41) is 0. The average Bonchev–Trinajstić information content (AvgIpc) is 2.88. The van der Waals surface area contributed by atoms with Gasteiger partial charge < -0.3 is 14.2 Å². The Bertz CT molecular complexity index is 640. The highest BCUT2D eigenvalue weighted by atomic mass is 19.2. The molecule has 0 aliphatic carbocycles. The smallest absolute Gasteiger partial charge is 0.196 e. The molecule has 2 unspecified atom stereocenters. The van der Waals surface area contributed by atoms with Gasteiger partial charge in [-0.3, -0.25) is 0 Å². The molecule has 0 aromatic heterocycles. The van der Waals surface area contributed by atoms with Gasteiger partial charge in [-0.15, -0.1) is 0 Å². The second-order valence-electron chi connectivity index (χ2n) is 8.05. The van der Waals surface area contributed by atoms with E-state index in [-0.39, 0.29) is 11.9 Å². The van der Waals surface area contributed by atoms with Crippen LogP contribution in [0.25, 0.3) is 0 Å². The lowest BCUT2D eigenvalue weighted by Crippen LogP contribution is -2.29.